The highest BCUT2D eigenvalue weighted by molar-refractivity contribution is 5.84. The molecule has 2 rings (SSSR count). The molecule has 1 aromatic heterocycles. The summed E-state index contributed by atoms with van der Waals surface area (Å²) in [4.78, 5) is 16.3. The van der Waals surface area contributed by atoms with Gasteiger partial charge in [0.2, 0.25) is 0 Å². The van der Waals surface area contributed by atoms with Gasteiger partial charge in [0.25, 0.3) is 6.08 Å². The summed E-state index contributed by atoms with van der Waals surface area (Å²) in [6.45, 7) is 0. The molecule has 0 unspecified atom stereocenters. The first-order valence-electron chi connectivity index (χ1n) is 3.98. The van der Waals surface area contributed by atoms with Crippen LogP contribution >= 0.6 is 0 Å². The summed E-state index contributed by atoms with van der Waals surface area (Å²) in [5.41, 5.74) is 6.07. The zero-order chi connectivity index (χ0) is 10.6. The third kappa shape index (κ3) is 1.94. The SMILES string of the molecule is CN.O=Cc1ccc2nc(F)[nH]c2c1. The van der Waals surface area contributed by atoms with Crippen LogP contribution in [-0.4, -0.2) is 23.3 Å². The largest absolute Gasteiger partial charge is 0.333 e. The van der Waals surface area contributed by atoms with E-state index < -0.39 is 6.08 Å². The monoisotopic (exact) mass is 195 g/mol. The molecule has 3 N–H and O–H groups in total. The number of rotatable bonds is 1. The first-order valence-corrected chi connectivity index (χ1v) is 3.98. The maximum absolute atomic E-state index is 12.5. The Morgan fingerprint density at radius 1 is 1.50 bits per heavy atom. The van der Waals surface area contributed by atoms with Crippen LogP contribution in [0.3, 0.4) is 0 Å². The topological polar surface area (TPSA) is 71.8 Å². The molecule has 0 atom stereocenters. The van der Waals surface area contributed by atoms with E-state index in [1.807, 2.05) is 0 Å². The lowest BCUT2D eigenvalue weighted by Crippen LogP contribution is -1.77. The first-order chi connectivity index (χ1) is 6.79. The Bertz CT molecular complexity index is 439. The molecule has 0 saturated heterocycles. The normalized spacial score (nSPS) is 9.36. The average Bonchev–Trinajstić information content (AvgIpc) is 2.59. The van der Waals surface area contributed by atoms with E-state index >= 15 is 0 Å². The Hall–Kier alpha value is -1.75. The van der Waals surface area contributed by atoms with Gasteiger partial charge in [0.05, 0.1) is 11.0 Å². The minimum absolute atomic E-state index is 0.506. The molecule has 4 nitrogen and oxygen atoms in total. The first kappa shape index (κ1) is 10.3. The highest BCUT2D eigenvalue weighted by atomic mass is 19.1. The molecule has 0 aliphatic heterocycles. The zero-order valence-corrected chi connectivity index (χ0v) is 7.62. The van der Waals surface area contributed by atoms with E-state index in [4.69, 9.17) is 0 Å². The van der Waals surface area contributed by atoms with E-state index in [-0.39, 0.29) is 0 Å². The molecular weight excluding hydrogens is 185 g/mol. The number of carbonyl (C=O) groups is 1. The number of carbonyl (C=O) groups excluding carboxylic acids is 1. The second kappa shape index (κ2) is 4.48. The number of aromatic amines is 1. The molecule has 0 spiro atoms. The number of H-pyrrole nitrogens is 1. The number of fused-ring (bicyclic) bond motifs is 1. The van der Waals surface area contributed by atoms with E-state index in [9.17, 15) is 9.18 Å². The molecule has 74 valence electrons. The van der Waals surface area contributed by atoms with Crippen molar-refractivity contribution in [2.75, 3.05) is 7.05 Å². The molecule has 1 aromatic carbocycles. The molecule has 5 heteroatoms. The smallest absolute Gasteiger partial charge is 0.287 e. The summed E-state index contributed by atoms with van der Waals surface area (Å²) in [5, 5.41) is 0. The number of nitrogens with two attached hydrogens (primary N) is 1. The number of nitrogens with one attached hydrogen (secondary N) is 1. The van der Waals surface area contributed by atoms with Crippen LogP contribution in [0.4, 0.5) is 4.39 Å². The van der Waals surface area contributed by atoms with Crippen LogP contribution in [0.25, 0.3) is 11.0 Å². The van der Waals surface area contributed by atoms with Crippen LogP contribution in [0.2, 0.25) is 0 Å². The summed E-state index contributed by atoms with van der Waals surface area (Å²) in [6.07, 6.45) is 0.0751. The maximum atomic E-state index is 12.5. The molecule has 0 aliphatic rings. The van der Waals surface area contributed by atoms with Crippen molar-refractivity contribution in [3.05, 3.63) is 29.8 Å². The minimum atomic E-state index is -0.631. The van der Waals surface area contributed by atoms with Crippen molar-refractivity contribution in [3.8, 4) is 0 Å². The number of imidazole rings is 1. The van der Waals surface area contributed by atoms with Crippen LogP contribution in [0.1, 0.15) is 10.4 Å². The molecule has 0 radical (unpaired) electrons. The summed E-state index contributed by atoms with van der Waals surface area (Å²) >= 11 is 0. The van der Waals surface area contributed by atoms with Gasteiger partial charge in [0, 0.05) is 5.56 Å². The van der Waals surface area contributed by atoms with E-state index in [2.05, 4.69) is 15.7 Å². The van der Waals surface area contributed by atoms with Gasteiger partial charge in [0.15, 0.2) is 0 Å². The average molecular weight is 195 g/mol. The van der Waals surface area contributed by atoms with Gasteiger partial charge in [-0.1, -0.05) is 0 Å². The number of benzene rings is 1. The summed E-state index contributed by atoms with van der Waals surface area (Å²) in [7, 11) is 1.50. The van der Waals surface area contributed by atoms with Crippen molar-refractivity contribution < 1.29 is 9.18 Å². The molecule has 14 heavy (non-hydrogen) atoms. The fraction of sp³-hybridized carbons (Fsp3) is 0.111. The van der Waals surface area contributed by atoms with Crippen LogP contribution < -0.4 is 5.73 Å². The van der Waals surface area contributed by atoms with Crippen LogP contribution in [-0.2, 0) is 0 Å². The predicted octanol–water partition coefficient (Wildman–Crippen LogP) is 1.09. The third-order valence-electron chi connectivity index (χ3n) is 1.61. The van der Waals surface area contributed by atoms with Crippen molar-refractivity contribution in [3.63, 3.8) is 0 Å². The number of nitrogens with zero attached hydrogens (tertiary/aromatic N) is 1. The molecule has 0 aliphatic carbocycles. The van der Waals surface area contributed by atoms with Crippen molar-refractivity contribution in [1.82, 2.24) is 9.97 Å². The predicted molar refractivity (Wildman–Crippen MR) is 51.6 cm³/mol. The number of hydrogen-bond acceptors (Lipinski definition) is 3. The molecular formula is C9H10FN3O. The zero-order valence-electron chi connectivity index (χ0n) is 7.62. The Balaban J connectivity index is 0.000000461. The second-order valence-electron chi connectivity index (χ2n) is 2.42. The Morgan fingerprint density at radius 2 is 2.21 bits per heavy atom. The van der Waals surface area contributed by atoms with Gasteiger partial charge in [-0.05, 0) is 25.2 Å². The van der Waals surface area contributed by atoms with Crippen molar-refractivity contribution in [2.45, 2.75) is 0 Å². The fourth-order valence-electron chi connectivity index (χ4n) is 1.07. The van der Waals surface area contributed by atoms with E-state index in [1.54, 1.807) is 18.2 Å². The molecule has 2 aromatic rings. The lowest BCUT2D eigenvalue weighted by molar-refractivity contribution is 0.112. The van der Waals surface area contributed by atoms with Crippen molar-refractivity contribution >= 4 is 17.3 Å². The van der Waals surface area contributed by atoms with Gasteiger partial charge >= 0.3 is 0 Å². The van der Waals surface area contributed by atoms with E-state index in [0.29, 0.717) is 22.9 Å². The Labute approximate surface area is 79.9 Å². The second-order valence-corrected chi connectivity index (χ2v) is 2.42. The molecule has 0 amide bonds. The van der Waals surface area contributed by atoms with Gasteiger partial charge in [-0.3, -0.25) is 4.79 Å². The summed E-state index contributed by atoms with van der Waals surface area (Å²) in [5.74, 6) is 0. The van der Waals surface area contributed by atoms with Crippen molar-refractivity contribution in [1.29, 1.82) is 0 Å². The third-order valence-corrected chi connectivity index (χ3v) is 1.61. The fourth-order valence-corrected chi connectivity index (χ4v) is 1.07. The minimum Gasteiger partial charge on any atom is -0.333 e. The molecule has 1 heterocycles. The Morgan fingerprint density at radius 3 is 2.86 bits per heavy atom. The standard InChI is InChI=1S/C8H5FN2O.CH5N/c9-8-10-6-2-1-5(4-12)3-7(6)11-8;1-2/h1-4H,(H,10,11);2H2,1H3. The van der Waals surface area contributed by atoms with E-state index in [0.717, 1.165) is 0 Å². The summed E-state index contributed by atoms with van der Waals surface area (Å²) < 4.78 is 12.5. The van der Waals surface area contributed by atoms with Gasteiger partial charge in [0.1, 0.15) is 6.29 Å². The lowest BCUT2D eigenvalue weighted by Gasteiger charge is -1.88. The van der Waals surface area contributed by atoms with E-state index in [1.165, 1.54) is 7.05 Å². The summed E-state index contributed by atoms with van der Waals surface area (Å²) in [6, 6.07) is 4.74. The van der Waals surface area contributed by atoms with Gasteiger partial charge < -0.3 is 10.7 Å². The molecule has 0 saturated carbocycles. The number of halogens is 1. The van der Waals surface area contributed by atoms with Crippen LogP contribution in [0, 0.1) is 6.08 Å². The highest BCUT2D eigenvalue weighted by Gasteiger charge is 2.01. The number of aldehydes is 1. The van der Waals surface area contributed by atoms with Gasteiger partial charge in [-0.2, -0.15) is 4.39 Å². The maximum Gasteiger partial charge on any atom is 0.287 e. The van der Waals surface area contributed by atoms with Crippen LogP contribution in [0.5, 0.6) is 0 Å². The number of aromatic nitrogens is 2. The Kier molecular flexibility index (Phi) is 3.30. The number of hydrogen-bond donors (Lipinski definition) is 2. The quantitative estimate of drug-likeness (QED) is 0.669. The molecule has 0 fully saturated rings. The molecule has 0 bridgehead atoms. The highest BCUT2D eigenvalue weighted by Crippen LogP contribution is 2.11. The van der Waals surface area contributed by atoms with Crippen LogP contribution in [0.15, 0.2) is 18.2 Å². The van der Waals surface area contributed by atoms with Crippen molar-refractivity contribution in [2.24, 2.45) is 5.73 Å². The van der Waals surface area contributed by atoms with Gasteiger partial charge in [-0.15, -0.1) is 0 Å². The lowest BCUT2D eigenvalue weighted by atomic mass is 10.2. The van der Waals surface area contributed by atoms with Gasteiger partial charge in [-0.25, -0.2) is 4.98 Å².